The van der Waals surface area contributed by atoms with Gasteiger partial charge in [0.1, 0.15) is 19.2 Å². The van der Waals surface area contributed by atoms with Crippen LogP contribution in [0.3, 0.4) is 0 Å². The van der Waals surface area contributed by atoms with Gasteiger partial charge in [-0.25, -0.2) is 4.79 Å². The molecule has 0 aromatic heterocycles. The van der Waals surface area contributed by atoms with Crippen LogP contribution in [0, 0.1) is 10.1 Å². The Morgan fingerprint density at radius 2 is 1.62 bits per heavy atom. The molecule has 0 aliphatic heterocycles. The van der Waals surface area contributed by atoms with Crippen LogP contribution < -0.4 is 32.7 Å². The molecule has 2 rings (SSSR count). The highest BCUT2D eigenvalue weighted by Crippen LogP contribution is 2.16. The number of nitrogens with two attached hydrogens (primary N) is 2. The lowest BCUT2D eigenvalue weighted by Crippen LogP contribution is -2.48. The van der Waals surface area contributed by atoms with Gasteiger partial charge in [0.2, 0.25) is 17.7 Å². The molecule has 1 atom stereocenters. The SMILES string of the molecule is NC(N)=NCCC[C@H](NC(=O)CNC(=O)CNC(=O)OCc1ccccc1)C(=O)Nc1ccc([N+](=O)[O-])cc1. The molecule has 0 radical (unpaired) electrons. The number of anilines is 1. The third kappa shape index (κ3) is 12.1. The van der Waals surface area contributed by atoms with E-state index in [2.05, 4.69) is 26.3 Å². The number of aliphatic imine (C=N–C) groups is 1. The Morgan fingerprint density at radius 3 is 2.26 bits per heavy atom. The van der Waals surface area contributed by atoms with Crippen LogP contribution in [0.25, 0.3) is 0 Å². The summed E-state index contributed by atoms with van der Waals surface area (Å²) in [6.45, 7) is -0.649. The maximum atomic E-state index is 12.8. The number of nitrogens with one attached hydrogen (secondary N) is 4. The van der Waals surface area contributed by atoms with E-state index in [1.807, 2.05) is 6.07 Å². The van der Waals surface area contributed by atoms with E-state index < -0.39 is 47.9 Å². The molecule has 0 spiro atoms. The number of rotatable bonds is 14. The molecular formula is C24H30N8O7. The van der Waals surface area contributed by atoms with Gasteiger partial charge in [-0.3, -0.25) is 29.5 Å². The highest BCUT2D eigenvalue weighted by atomic mass is 16.6. The molecule has 15 nitrogen and oxygen atoms in total. The van der Waals surface area contributed by atoms with Crippen molar-refractivity contribution in [3.8, 4) is 0 Å². The summed E-state index contributed by atoms with van der Waals surface area (Å²) in [6, 6.07) is 13.1. The Morgan fingerprint density at radius 1 is 0.949 bits per heavy atom. The predicted octanol–water partition coefficient (Wildman–Crippen LogP) is 0.114. The van der Waals surface area contributed by atoms with Gasteiger partial charge in [-0.1, -0.05) is 30.3 Å². The first kappa shape index (κ1) is 30.0. The molecule has 0 aliphatic rings. The summed E-state index contributed by atoms with van der Waals surface area (Å²) in [5.41, 5.74) is 11.5. The molecule has 2 aromatic rings. The lowest BCUT2D eigenvalue weighted by molar-refractivity contribution is -0.384. The Balaban J connectivity index is 1.82. The molecule has 0 fully saturated rings. The van der Waals surface area contributed by atoms with E-state index in [0.29, 0.717) is 6.42 Å². The Bertz CT molecular complexity index is 1170. The Labute approximate surface area is 223 Å². The van der Waals surface area contributed by atoms with Crippen molar-refractivity contribution >= 4 is 41.1 Å². The highest BCUT2D eigenvalue weighted by Gasteiger charge is 2.21. The number of hydrogen-bond acceptors (Lipinski definition) is 8. The van der Waals surface area contributed by atoms with Crippen molar-refractivity contribution in [1.29, 1.82) is 0 Å². The molecule has 0 aliphatic carbocycles. The Kier molecular flexibility index (Phi) is 12.2. The lowest BCUT2D eigenvalue weighted by atomic mass is 10.1. The average Bonchev–Trinajstić information content (AvgIpc) is 2.91. The summed E-state index contributed by atoms with van der Waals surface area (Å²) in [7, 11) is 0. The minimum absolute atomic E-state index is 0.0310. The maximum absolute atomic E-state index is 12.8. The topological polar surface area (TPSA) is 233 Å². The van der Waals surface area contributed by atoms with Crippen LogP contribution in [0.15, 0.2) is 59.6 Å². The molecule has 0 unspecified atom stereocenters. The van der Waals surface area contributed by atoms with Crippen LogP contribution >= 0.6 is 0 Å². The van der Waals surface area contributed by atoms with Crippen molar-refractivity contribution < 1.29 is 28.8 Å². The number of nitro groups is 1. The summed E-state index contributed by atoms with van der Waals surface area (Å²) in [5, 5.41) is 20.5. The van der Waals surface area contributed by atoms with Crippen LogP contribution in [0.4, 0.5) is 16.2 Å². The number of nitrogens with zero attached hydrogens (tertiary/aromatic N) is 2. The van der Waals surface area contributed by atoms with Crippen molar-refractivity contribution in [2.24, 2.45) is 16.5 Å². The number of nitro benzene ring substituents is 1. The van der Waals surface area contributed by atoms with Gasteiger partial charge in [-0.2, -0.15) is 0 Å². The van der Waals surface area contributed by atoms with Gasteiger partial charge in [0.05, 0.1) is 11.5 Å². The zero-order valence-electron chi connectivity index (χ0n) is 20.9. The first-order chi connectivity index (χ1) is 18.6. The van der Waals surface area contributed by atoms with Gasteiger partial charge in [0, 0.05) is 24.4 Å². The second-order valence-corrected chi connectivity index (χ2v) is 8.05. The van der Waals surface area contributed by atoms with Crippen LogP contribution in [-0.4, -0.2) is 60.4 Å². The second kappa shape index (κ2) is 15.8. The van der Waals surface area contributed by atoms with Crippen LogP contribution in [0.1, 0.15) is 18.4 Å². The van der Waals surface area contributed by atoms with Gasteiger partial charge in [-0.15, -0.1) is 0 Å². The molecule has 39 heavy (non-hydrogen) atoms. The molecule has 0 saturated carbocycles. The fourth-order valence-electron chi connectivity index (χ4n) is 3.08. The third-order valence-corrected chi connectivity index (χ3v) is 4.99. The van der Waals surface area contributed by atoms with E-state index in [0.717, 1.165) is 5.56 Å². The van der Waals surface area contributed by atoms with E-state index in [9.17, 15) is 29.3 Å². The van der Waals surface area contributed by atoms with Gasteiger partial charge in [0.25, 0.3) is 5.69 Å². The van der Waals surface area contributed by atoms with E-state index in [1.54, 1.807) is 24.3 Å². The molecule has 15 heteroatoms. The number of benzene rings is 2. The Hall–Kier alpha value is -5.21. The van der Waals surface area contributed by atoms with Crippen molar-refractivity contribution in [3.63, 3.8) is 0 Å². The fraction of sp³-hybridized carbons (Fsp3) is 0.292. The smallest absolute Gasteiger partial charge is 0.407 e. The first-order valence-corrected chi connectivity index (χ1v) is 11.8. The minimum atomic E-state index is -1.02. The summed E-state index contributed by atoms with van der Waals surface area (Å²) >= 11 is 0. The van der Waals surface area contributed by atoms with Crippen LogP contribution in [-0.2, 0) is 25.7 Å². The number of carbonyl (C=O) groups excluding carboxylic acids is 4. The zero-order valence-corrected chi connectivity index (χ0v) is 20.9. The number of guanidine groups is 1. The summed E-state index contributed by atoms with van der Waals surface area (Å²) in [6.07, 6.45) is -0.302. The highest BCUT2D eigenvalue weighted by molar-refractivity contribution is 5.98. The number of ether oxygens (including phenoxy) is 1. The van der Waals surface area contributed by atoms with E-state index in [-0.39, 0.29) is 36.9 Å². The van der Waals surface area contributed by atoms with Gasteiger partial charge in [0.15, 0.2) is 5.96 Å². The van der Waals surface area contributed by atoms with E-state index >= 15 is 0 Å². The van der Waals surface area contributed by atoms with Crippen LogP contribution in [0.5, 0.6) is 0 Å². The largest absolute Gasteiger partial charge is 0.445 e. The number of hydrogen-bond donors (Lipinski definition) is 6. The molecule has 4 amide bonds. The summed E-state index contributed by atoms with van der Waals surface area (Å²) < 4.78 is 5.00. The number of amides is 4. The molecule has 0 bridgehead atoms. The van der Waals surface area contributed by atoms with Gasteiger partial charge < -0.3 is 37.5 Å². The maximum Gasteiger partial charge on any atom is 0.407 e. The van der Waals surface area contributed by atoms with Crippen molar-refractivity contribution in [2.45, 2.75) is 25.5 Å². The van der Waals surface area contributed by atoms with E-state index in [4.69, 9.17) is 16.2 Å². The minimum Gasteiger partial charge on any atom is -0.445 e. The average molecular weight is 543 g/mol. The number of carbonyl (C=O) groups is 4. The van der Waals surface area contributed by atoms with Gasteiger partial charge >= 0.3 is 6.09 Å². The summed E-state index contributed by atoms with van der Waals surface area (Å²) in [4.78, 5) is 63.0. The quantitative estimate of drug-likeness (QED) is 0.0624. The van der Waals surface area contributed by atoms with Crippen LogP contribution in [0.2, 0.25) is 0 Å². The number of non-ortho nitro benzene ring substituents is 1. The molecule has 2 aromatic carbocycles. The molecule has 208 valence electrons. The molecule has 0 heterocycles. The normalized spacial score (nSPS) is 10.9. The zero-order chi connectivity index (χ0) is 28.6. The van der Waals surface area contributed by atoms with Crippen molar-refractivity contribution in [1.82, 2.24) is 16.0 Å². The summed E-state index contributed by atoms with van der Waals surface area (Å²) in [5.74, 6) is -2.02. The van der Waals surface area contributed by atoms with Gasteiger partial charge in [-0.05, 0) is 30.5 Å². The molecule has 0 saturated heterocycles. The second-order valence-electron chi connectivity index (χ2n) is 8.05. The molecular weight excluding hydrogens is 512 g/mol. The third-order valence-electron chi connectivity index (χ3n) is 4.99. The predicted molar refractivity (Wildman–Crippen MR) is 141 cm³/mol. The fourth-order valence-corrected chi connectivity index (χ4v) is 3.08. The standard InChI is InChI=1S/C24H30N8O7/c25-23(26)27-12-4-7-19(22(35)30-17-8-10-18(11-9-17)32(37)38)31-21(34)14-28-20(33)13-29-24(36)39-15-16-5-2-1-3-6-16/h1-3,5-6,8-11,19H,4,7,12-15H2,(H,28,33)(H,29,36)(H,30,35)(H,31,34)(H4,25,26,27)/t19-/m0/s1. The molecule has 8 N–H and O–H groups in total. The van der Waals surface area contributed by atoms with E-state index in [1.165, 1.54) is 24.3 Å². The number of alkyl carbamates (subject to hydrolysis) is 1. The van der Waals surface area contributed by atoms with Crippen molar-refractivity contribution in [3.05, 3.63) is 70.3 Å². The monoisotopic (exact) mass is 542 g/mol. The first-order valence-electron chi connectivity index (χ1n) is 11.8. The van der Waals surface area contributed by atoms with Crippen molar-refractivity contribution in [2.75, 3.05) is 25.0 Å². The lowest BCUT2D eigenvalue weighted by Gasteiger charge is -2.18.